The number of benzene rings is 2. The highest BCUT2D eigenvalue weighted by atomic mass is 16.7. The predicted molar refractivity (Wildman–Crippen MR) is 119 cm³/mol. The van der Waals surface area contributed by atoms with Gasteiger partial charge in [0.1, 0.15) is 5.75 Å². The Bertz CT molecular complexity index is 937. The number of methoxy groups -OCH3 is 1. The van der Waals surface area contributed by atoms with E-state index in [4.69, 9.17) is 18.9 Å². The Morgan fingerprint density at radius 3 is 2.69 bits per heavy atom. The lowest BCUT2D eigenvalue weighted by atomic mass is 9.94. The number of carbonyl (C=O) groups is 2. The molecule has 2 fully saturated rings. The van der Waals surface area contributed by atoms with Crippen molar-refractivity contribution in [3.8, 4) is 5.75 Å². The predicted octanol–water partition coefficient (Wildman–Crippen LogP) is 3.09. The molecule has 0 aromatic heterocycles. The van der Waals surface area contributed by atoms with Gasteiger partial charge in [-0.3, -0.25) is 4.79 Å². The van der Waals surface area contributed by atoms with Crippen LogP contribution in [-0.4, -0.2) is 57.8 Å². The molecular formula is C24H30N2O6. The second-order valence-corrected chi connectivity index (χ2v) is 8.21. The average molecular weight is 443 g/mol. The first-order valence-corrected chi connectivity index (χ1v) is 11.1. The van der Waals surface area contributed by atoms with Gasteiger partial charge in [0.05, 0.1) is 20.3 Å². The quantitative estimate of drug-likeness (QED) is 0.580. The van der Waals surface area contributed by atoms with Crippen LogP contribution in [0.5, 0.6) is 5.75 Å². The van der Waals surface area contributed by atoms with Crippen LogP contribution in [0.1, 0.15) is 37.2 Å². The van der Waals surface area contributed by atoms with Gasteiger partial charge >= 0.3 is 6.09 Å². The third-order valence-electron chi connectivity index (χ3n) is 5.69. The molecule has 1 aliphatic heterocycles. The van der Waals surface area contributed by atoms with E-state index in [0.717, 1.165) is 24.0 Å². The summed E-state index contributed by atoms with van der Waals surface area (Å²) in [6, 6.07) is 12.6. The van der Waals surface area contributed by atoms with Gasteiger partial charge in [-0.15, -0.1) is 0 Å². The Morgan fingerprint density at radius 2 is 1.94 bits per heavy atom. The van der Waals surface area contributed by atoms with E-state index >= 15 is 0 Å². The van der Waals surface area contributed by atoms with Gasteiger partial charge in [-0.2, -0.15) is 0 Å². The number of amides is 2. The van der Waals surface area contributed by atoms with Crippen molar-refractivity contribution >= 4 is 22.8 Å². The van der Waals surface area contributed by atoms with E-state index < -0.39 is 6.09 Å². The molecule has 1 saturated heterocycles. The molecule has 2 amide bonds. The van der Waals surface area contributed by atoms with Crippen molar-refractivity contribution in [2.75, 3.05) is 33.5 Å². The van der Waals surface area contributed by atoms with Crippen LogP contribution in [0.25, 0.3) is 10.8 Å². The molecule has 0 spiro atoms. The first-order valence-electron chi connectivity index (χ1n) is 11.1. The number of hydrogen-bond acceptors (Lipinski definition) is 6. The molecule has 32 heavy (non-hydrogen) atoms. The first-order chi connectivity index (χ1) is 15.6. The van der Waals surface area contributed by atoms with E-state index in [-0.39, 0.29) is 30.8 Å². The Kier molecular flexibility index (Phi) is 7.44. The number of rotatable bonds is 9. The Labute approximate surface area is 187 Å². The zero-order chi connectivity index (χ0) is 22.3. The Morgan fingerprint density at radius 1 is 1.12 bits per heavy atom. The number of hydrogen-bond donors (Lipinski definition) is 2. The number of carbonyl (C=O) groups excluding carboxylic acids is 2. The average Bonchev–Trinajstić information content (AvgIpc) is 3.64. The number of fused-ring (bicyclic) bond motifs is 1. The Balaban J connectivity index is 1.15. The molecule has 2 aromatic carbocycles. The van der Waals surface area contributed by atoms with Crippen LogP contribution < -0.4 is 15.4 Å². The lowest BCUT2D eigenvalue weighted by Gasteiger charge is -2.30. The molecule has 0 radical (unpaired) electrons. The summed E-state index contributed by atoms with van der Waals surface area (Å²) in [5, 5.41) is 7.72. The van der Waals surface area contributed by atoms with E-state index in [1.807, 2.05) is 18.2 Å². The fourth-order valence-corrected chi connectivity index (χ4v) is 3.80. The van der Waals surface area contributed by atoms with E-state index in [1.54, 1.807) is 7.11 Å². The van der Waals surface area contributed by atoms with Gasteiger partial charge in [-0.25, -0.2) is 4.79 Å². The Hall–Kier alpha value is -2.84. The normalized spacial score (nSPS) is 20.5. The molecule has 8 nitrogen and oxygen atoms in total. The van der Waals surface area contributed by atoms with Crippen LogP contribution in [0.2, 0.25) is 0 Å². The van der Waals surface area contributed by atoms with Crippen molar-refractivity contribution in [2.24, 2.45) is 0 Å². The summed E-state index contributed by atoms with van der Waals surface area (Å²) in [4.78, 5) is 23.2. The standard InChI is InChI=1S/C24H30N2O6/c1-29-19-9-10-21-16(12-19)4-2-5-20(21)17-13-30-23(31-14-17)6-3-11-25-24(28)32-15-22(27)26-18-7-8-18/h2,4-5,9-10,12,17-18,23H,3,6-8,11,13-15H2,1H3,(H,25,28)(H,26,27). The molecule has 4 rings (SSSR count). The summed E-state index contributed by atoms with van der Waals surface area (Å²) in [5.41, 5.74) is 1.21. The van der Waals surface area contributed by atoms with Crippen LogP contribution >= 0.6 is 0 Å². The summed E-state index contributed by atoms with van der Waals surface area (Å²) in [5.74, 6) is 0.745. The highest BCUT2D eigenvalue weighted by molar-refractivity contribution is 5.87. The molecule has 0 unspecified atom stereocenters. The van der Waals surface area contributed by atoms with Gasteiger partial charge in [0.2, 0.25) is 0 Å². The van der Waals surface area contributed by atoms with E-state index in [1.165, 1.54) is 10.9 Å². The summed E-state index contributed by atoms with van der Waals surface area (Å²) in [6.07, 6.45) is 2.48. The molecule has 8 heteroatoms. The van der Waals surface area contributed by atoms with Gasteiger partial charge in [0, 0.05) is 24.9 Å². The zero-order valence-electron chi connectivity index (χ0n) is 18.3. The van der Waals surface area contributed by atoms with Gasteiger partial charge in [0.15, 0.2) is 12.9 Å². The number of ether oxygens (including phenoxy) is 4. The summed E-state index contributed by atoms with van der Waals surface area (Å²) >= 11 is 0. The fourth-order valence-electron chi connectivity index (χ4n) is 3.80. The van der Waals surface area contributed by atoms with Gasteiger partial charge in [0.25, 0.3) is 5.91 Å². The minimum Gasteiger partial charge on any atom is -0.497 e. The fraction of sp³-hybridized carbons (Fsp3) is 0.500. The van der Waals surface area contributed by atoms with Crippen molar-refractivity contribution in [1.29, 1.82) is 0 Å². The van der Waals surface area contributed by atoms with Crippen LogP contribution in [0.3, 0.4) is 0 Å². The van der Waals surface area contributed by atoms with Crippen LogP contribution in [0.15, 0.2) is 36.4 Å². The maximum atomic E-state index is 11.7. The summed E-state index contributed by atoms with van der Waals surface area (Å²) in [7, 11) is 1.67. The number of alkyl carbamates (subject to hydrolysis) is 1. The molecule has 2 aliphatic rings. The minimum atomic E-state index is -0.589. The maximum Gasteiger partial charge on any atom is 0.407 e. The third kappa shape index (κ3) is 6.11. The zero-order valence-corrected chi connectivity index (χ0v) is 18.3. The van der Waals surface area contributed by atoms with Gasteiger partial charge < -0.3 is 29.6 Å². The third-order valence-corrected chi connectivity index (χ3v) is 5.69. The van der Waals surface area contributed by atoms with E-state index in [0.29, 0.717) is 32.6 Å². The van der Waals surface area contributed by atoms with Crippen LogP contribution in [-0.2, 0) is 19.0 Å². The molecule has 0 bridgehead atoms. The summed E-state index contributed by atoms with van der Waals surface area (Å²) < 4.78 is 22.1. The second kappa shape index (κ2) is 10.7. The molecular weight excluding hydrogens is 412 g/mol. The largest absolute Gasteiger partial charge is 0.497 e. The summed E-state index contributed by atoms with van der Waals surface area (Å²) in [6.45, 7) is 1.35. The molecule has 2 aromatic rings. The molecule has 1 aliphatic carbocycles. The highest BCUT2D eigenvalue weighted by Crippen LogP contribution is 2.31. The molecule has 1 saturated carbocycles. The SMILES string of the molecule is COc1ccc2c(C3COC(CCCNC(=O)OCC(=O)NC4CC4)OC3)cccc2c1. The second-order valence-electron chi connectivity index (χ2n) is 8.21. The first kappa shape index (κ1) is 22.4. The number of nitrogens with one attached hydrogen (secondary N) is 2. The van der Waals surface area contributed by atoms with Crippen molar-refractivity contribution in [3.05, 3.63) is 42.0 Å². The molecule has 0 atom stereocenters. The van der Waals surface area contributed by atoms with Gasteiger partial charge in [-0.1, -0.05) is 24.3 Å². The van der Waals surface area contributed by atoms with E-state index in [9.17, 15) is 9.59 Å². The highest BCUT2D eigenvalue weighted by Gasteiger charge is 2.25. The minimum absolute atomic E-state index is 0.165. The van der Waals surface area contributed by atoms with Crippen LogP contribution in [0, 0.1) is 0 Å². The van der Waals surface area contributed by atoms with Crippen LogP contribution in [0.4, 0.5) is 4.79 Å². The van der Waals surface area contributed by atoms with Crippen molar-refractivity contribution in [1.82, 2.24) is 10.6 Å². The van der Waals surface area contributed by atoms with Crippen molar-refractivity contribution in [2.45, 2.75) is 43.9 Å². The molecule has 2 N–H and O–H groups in total. The van der Waals surface area contributed by atoms with E-state index in [2.05, 4.69) is 28.8 Å². The molecule has 1 heterocycles. The van der Waals surface area contributed by atoms with Gasteiger partial charge in [-0.05, 0) is 47.7 Å². The lowest BCUT2D eigenvalue weighted by Crippen LogP contribution is -2.34. The van der Waals surface area contributed by atoms with Crippen molar-refractivity contribution < 1.29 is 28.5 Å². The van der Waals surface area contributed by atoms with Crippen molar-refractivity contribution in [3.63, 3.8) is 0 Å². The molecule has 172 valence electrons. The topological polar surface area (TPSA) is 95.1 Å². The lowest BCUT2D eigenvalue weighted by molar-refractivity contribution is -0.189. The maximum absolute atomic E-state index is 11.7. The monoisotopic (exact) mass is 442 g/mol. The smallest absolute Gasteiger partial charge is 0.407 e.